The second-order valence-corrected chi connectivity index (χ2v) is 11.9. The second kappa shape index (κ2) is 12.5. The number of ether oxygens (including phenoxy) is 1. The molecule has 0 aromatic heterocycles. The Hall–Kier alpha value is -0.0200. The first-order valence-corrected chi connectivity index (χ1v) is 12.6. The van der Waals surface area contributed by atoms with Crippen LogP contribution in [0.4, 0.5) is 0 Å². The van der Waals surface area contributed by atoms with Gasteiger partial charge in [-0.15, -0.1) is 0 Å². The van der Waals surface area contributed by atoms with E-state index in [1.807, 2.05) is 27.7 Å². The molecule has 3 atom stereocenters. The van der Waals surface area contributed by atoms with Crippen LogP contribution in [0.2, 0.25) is 0 Å². The molecule has 0 saturated heterocycles. The second-order valence-electron chi connectivity index (χ2n) is 7.64. The summed E-state index contributed by atoms with van der Waals surface area (Å²) in [6.07, 6.45) is -0.240. The van der Waals surface area contributed by atoms with Gasteiger partial charge in [0.1, 0.15) is 6.04 Å². The molecule has 3 unspecified atom stereocenters. The monoisotopic (exact) mass is 443 g/mol. The number of thioether (sulfide) groups is 1. The van der Waals surface area contributed by atoms with Gasteiger partial charge >= 0.3 is 5.97 Å². The minimum absolute atomic E-state index is 0.0454. The maximum absolute atomic E-state index is 12.0. The van der Waals surface area contributed by atoms with Gasteiger partial charge in [0.15, 0.2) is 5.12 Å². The third-order valence-electron chi connectivity index (χ3n) is 3.09. The van der Waals surface area contributed by atoms with Crippen LogP contribution in [0, 0.1) is 11.3 Å². The fourth-order valence-corrected chi connectivity index (χ4v) is 4.90. The molecular formula is C17H34NO6PS2. The van der Waals surface area contributed by atoms with Gasteiger partial charge in [-0.05, 0) is 32.6 Å². The number of hydrogen-bond acceptors (Lipinski definition) is 8. The van der Waals surface area contributed by atoms with E-state index in [-0.39, 0.29) is 37.0 Å². The molecule has 160 valence electrons. The maximum Gasteiger partial charge on any atom is 0.323 e. The molecular weight excluding hydrogens is 409 g/mol. The summed E-state index contributed by atoms with van der Waals surface area (Å²) < 4.78 is 16.6. The smallest absolute Gasteiger partial charge is 0.323 e. The molecule has 27 heavy (non-hydrogen) atoms. The van der Waals surface area contributed by atoms with E-state index in [4.69, 9.17) is 25.6 Å². The van der Waals surface area contributed by atoms with Crippen LogP contribution in [0.5, 0.6) is 0 Å². The standard InChI is InChI=1S/C17H34NO6PS2/c1-12(2)24-15(20)14(4)18-25(26,23-11-13(3)10-19)22-8-9-27-16(21)17(5,6)7/h12-14,19H,8-11H2,1-7H3,(H,18,26). The van der Waals surface area contributed by atoms with E-state index in [0.717, 1.165) is 0 Å². The number of aliphatic hydroxyl groups excluding tert-OH is 1. The first-order valence-electron chi connectivity index (χ1n) is 8.96. The van der Waals surface area contributed by atoms with Crippen LogP contribution in [0.25, 0.3) is 0 Å². The summed E-state index contributed by atoms with van der Waals surface area (Å²) in [6, 6.07) is -0.702. The van der Waals surface area contributed by atoms with Crippen LogP contribution in [-0.2, 0) is 35.2 Å². The van der Waals surface area contributed by atoms with Crippen molar-refractivity contribution in [1.29, 1.82) is 0 Å². The highest BCUT2D eigenvalue weighted by Crippen LogP contribution is 2.45. The maximum atomic E-state index is 12.0. The fraction of sp³-hybridized carbons (Fsp3) is 0.882. The molecule has 0 aliphatic rings. The highest BCUT2D eigenvalue weighted by molar-refractivity contribution is 8.13. The summed E-state index contributed by atoms with van der Waals surface area (Å²) in [5, 5.41) is 12.2. The number of esters is 1. The van der Waals surface area contributed by atoms with E-state index in [1.165, 1.54) is 11.8 Å². The highest BCUT2D eigenvalue weighted by atomic mass is 32.5. The molecule has 0 saturated carbocycles. The molecule has 0 aromatic rings. The van der Waals surface area contributed by atoms with Gasteiger partial charge < -0.3 is 18.9 Å². The van der Waals surface area contributed by atoms with Crippen molar-refractivity contribution in [3.63, 3.8) is 0 Å². The Labute approximate surface area is 172 Å². The van der Waals surface area contributed by atoms with Gasteiger partial charge in [0.2, 0.25) is 0 Å². The lowest BCUT2D eigenvalue weighted by molar-refractivity contribution is -0.149. The minimum atomic E-state index is -2.99. The fourth-order valence-electron chi connectivity index (χ4n) is 1.52. The largest absolute Gasteiger partial charge is 0.462 e. The first-order chi connectivity index (χ1) is 12.3. The van der Waals surface area contributed by atoms with Gasteiger partial charge in [-0.2, -0.15) is 0 Å². The Kier molecular flexibility index (Phi) is 12.5. The van der Waals surface area contributed by atoms with E-state index in [9.17, 15) is 14.7 Å². The van der Waals surface area contributed by atoms with E-state index in [1.54, 1.807) is 20.8 Å². The molecule has 0 heterocycles. The number of nitrogens with one attached hydrogen (secondary N) is 1. The summed E-state index contributed by atoms with van der Waals surface area (Å²) in [7, 11) is 0. The van der Waals surface area contributed by atoms with Crippen molar-refractivity contribution in [3.05, 3.63) is 0 Å². The Balaban J connectivity index is 4.81. The van der Waals surface area contributed by atoms with Crippen molar-refractivity contribution in [3.8, 4) is 0 Å². The van der Waals surface area contributed by atoms with Crippen LogP contribution in [-0.4, -0.2) is 53.9 Å². The molecule has 0 radical (unpaired) electrons. The molecule has 0 bridgehead atoms. The highest BCUT2D eigenvalue weighted by Gasteiger charge is 2.28. The summed E-state index contributed by atoms with van der Waals surface area (Å²) in [5.74, 6) is -0.133. The minimum Gasteiger partial charge on any atom is -0.462 e. The first kappa shape index (κ1) is 27.0. The van der Waals surface area contributed by atoms with Crippen LogP contribution in [0.3, 0.4) is 0 Å². The number of rotatable bonds is 12. The zero-order chi connectivity index (χ0) is 21.3. The van der Waals surface area contributed by atoms with Gasteiger partial charge in [-0.3, -0.25) is 9.59 Å². The predicted molar refractivity (Wildman–Crippen MR) is 113 cm³/mol. The summed E-state index contributed by atoms with van der Waals surface area (Å²) in [4.78, 5) is 24.0. The Morgan fingerprint density at radius 1 is 1.19 bits per heavy atom. The molecule has 10 heteroatoms. The molecule has 0 aliphatic carbocycles. The Bertz CT molecular complexity index is 524. The van der Waals surface area contributed by atoms with Crippen molar-refractivity contribution >= 4 is 41.3 Å². The van der Waals surface area contributed by atoms with Gasteiger partial charge in [0.25, 0.3) is 6.64 Å². The zero-order valence-corrected chi connectivity index (χ0v) is 19.8. The normalized spacial score (nSPS) is 16.6. The van der Waals surface area contributed by atoms with Crippen molar-refractivity contribution in [2.45, 2.75) is 60.6 Å². The summed E-state index contributed by atoms with van der Waals surface area (Å²) >= 11 is 6.68. The lowest BCUT2D eigenvalue weighted by atomic mass is 10.00. The van der Waals surface area contributed by atoms with Gasteiger partial charge in [-0.25, -0.2) is 5.09 Å². The van der Waals surface area contributed by atoms with Crippen molar-refractivity contribution < 1.29 is 28.5 Å². The summed E-state index contributed by atoms with van der Waals surface area (Å²) in [6.45, 7) is 9.91. The van der Waals surface area contributed by atoms with Crippen LogP contribution in [0.15, 0.2) is 0 Å². The van der Waals surface area contributed by atoms with Crippen LogP contribution < -0.4 is 5.09 Å². The predicted octanol–water partition coefficient (Wildman–Crippen LogP) is 3.11. The number of hydrogen-bond donors (Lipinski definition) is 2. The number of carbonyl (C=O) groups is 2. The molecule has 0 spiro atoms. The van der Waals surface area contributed by atoms with Gasteiger partial charge in [0, 0.05) is 23.7 Å². The van der Waals surface area contributed by atoms with E-state index >= 15 is 0 Å². The number of aliphatic hydroxyl groups is 1. The van der Waals surface area contributed by atoms with Crippen molar-refractivity contribution in [1.82, 2.24) is 5.09 Å². The average molecular weight is 444 g/mol. The quantitative estimate of drug-likeness (QED) is 0.268. The molecule has 2 N–H and O–H groups in total. The lowest BCUT2D eigenvalue weighted by Crippen LogP contribution is -2.36. The van der Waals surface area contributed by atoms with E-state index < -0.39 is 24.1 Å². The van der Waals surface area contributed by atoms with E-state index in [0.29, 0.717) is 5.75 Å². The van der Waals surface area contributed by atoms with Crippen LogP contribution in [0.1, 0.15) is 48.5 Å². The number of carbonyl (C=O) groups excluding carboxylic acids is 2. The Morgan fingerprint density at radius 2 is 1.78 bits per heavy atom. The van der Waals surface area contributed by atoms with Gasteiger partial charge in [-0.1, -0.05) is 39.5 Å². The van der Waals surface area contributed by atoms with E-state index in [2.05, 4.69) is 5.09 Å². The van der Waals surface area contributed by atoms with Crippen molar-refractivity contribution in [2.75, 3.05) is 25.6 Å². The zero-order valence-electron chi connectivity index (χ0n) is 17.3. The average Bonchev–Trinajstić information content (AvgIpc) is 2.54. The molecule has 0 aromatic carbocycles. The van der Waals surface area contributed by atoms with Crippen LogP contribution >= 0.6 is 18.4 Å². The molecule has 0 aliphatic heterocycles. The lowest BCUT2D eigenvalue weighted by Gasteiger charge is -2.27. The van der Waals surface area contributed by atoms with Crippen molar-refractivity contribution in [2.24, 2.45) is 11.3 Å². The molecule has 0 rings (SSSR count). The molecule has 0 fully saturated rings. The third-order valence-corrected chi connectivity index (χ3v) is 7.00. The van der Waals surface area contributed by atoms with Gasteiger partial charge in [0.05, 0.1) is 19.3 Å². The molecule has 7 nitrogen and oxygen atoms in total. The SMILES string of the molecule is CC(CO)COP(=S)(NC(C)C(=O)OC(C)C)OCCSC(=O)C(C)(C)C. The Morgan fingerprint density at radius 3 is 2.26 bits per heavy atom. The molecule has 0 amide bonds. The topological polar surface area (TPSA) is 94.1 Å². The third kappa shape index (κ3) is 12.2. The summed E-state index contributed by atoms with van der Waals surface area (Å²) in [5.41, 5.74) is -0.425.